The van der Waals surface area contributed by atoms with Gasteiger partial charge in [0.25, 0.3) is 0 Å². The van der Waals surface area contributed by atoms with Crippen LogP contribution in [-0.4, -0.2) is 42.5 Å². The second-order valence-electron chi connectivity index (χ2n) is 4.08. The van der Waals surface area contributed by atoms with Crippen molar-refractivity contribution in [3.8, 4) is 0 Å². The van der Waals surface area contributed by atoms with E-state index in [0.29, 0.717) is 11.8 Å². The second kappa shape index (κ2) is 6.13. The van der Waals surface area contributed by atoms with Gasteiger partial charge in [0.05, 0.1) is 7.11 Å². The van der Waals surface area contributed by atoms with Crippen molar-refractivity contribution in [3.05, 3.63) is 0 Å². The number of rotatable bonds is 4. The van der Waals surface area contributed by atoms with Crippen molar-refractivity contribution in [2.75, 3.05) is 18.6 Å². The molecule has 0 spiro atoms. The highest BCUT2D eigenvalue weighted by atomic mass is 32.2. The Kier molecular flexibility index (Phi) is 5.12. The Labute approximate surface area is 101 Å². The fourth-order valence-corrected chi connectivity index (χ4v) is 2.26. The van der Waals surface area contributed by atoms with Gasteiger partial charge in [0, 0.05) is 5.75 Å². The number of amides is 1. The second-order valence-corrected chi connectivity index (χ2v) is 5.40. The van der Waals surface area contributed by atoms with E-state index >= 15 is 0 Å². The van der Waals surface area contributed by atoms with Gasteiger partial charge in [0.15, 0.2) is 0 Å². The van der Waals surface area contributed by atoms with E-state index in [0.717, 1.165) is 11.5 Å². The Morgan fingerprint density at radius 3 is 2.75 bits per heavy atom. The number of hydrogen-bond acceptors (Lipinski definition) is 4. The molecular weight excluding hydrogens is 224 g/mol. The fraction of sp³-hybridized carbons (Fsp3) is 0.818. The first-order valence-corrected chi connectivity index (χ1v) is 6.75. The summed E-state index contributed by atoms with van der Waals surface area (Å²) in [5.41, 5.74) is 0. The van der Waals surface area contributed by atoms with Crippen LogP contribution in [0.1, 0.15) is 20.8 Å². The van der Waals surface area contributed by atoms with Gasteiger partial charge in [-0.25, -0.2) is 4.99 Å². The molecule has 16 heavy (non-hydrogen) atoms. The normalized spacial score (nSPS) is 25.3. The Hall–Kier alpha value is -0.710. The summed E-state index contributed by atoms with van der Waals surface area (Å²) in [4.78, 5) is 16.2. The van der Waals surface area contributed by atoms with E-state index in [1.54, 1.807) is 18.9 Å². The zero-order valence-electron chi connectivity index (χ0n) is 10.3. The van der Waals surface area contributed by atoms with E-state index in [-0.39, 0.29) is 18.0 Å². The van der Waals surface area contributed by atoms with Crippen molar-refractivity contribution >= 4 is 23.6 Å². The maximum absolute atomic E-state index is 11.8. The quantitative estimate of drug-likeness (QED) is 0.811. The molecule has 0 aromatic carbocycles. The summed E-state index contributed by atoms with van der Waals surface area (Å²) < 4.78 is 5.25. The highest BCUT2D eigenvalue weighted by Crippen LogP contribution is 2.15. The molecule has 2 atom stereocenters. The molecule has 1 heterocycles. The van der Waals surface area contributed by atoms with Crippen LogP contribution < -0.4 is 5.32 Å². The fourth-order valence-electron chi connectivity index (χ4n) is 1.58. The van der Waals surface area contributed by atoms with Crippen LogP contribution in [-0.2, 0) is 9.53 Å². The summed E-state index contributed by atoms with van der Waals surface area (Å²) in [7, 11) is 1.61. The molecule has 92 valence electrons. The van der Waals surface area contributed by atoms with Crippen molar-refractivity contribution in [2.45, 2.75) is 32.9 Å². The molecular formula is C11H20N2O2S. The van der Waals surface area contributed by atoms with Gasteiger partial charge >= 0.3 is 0 Å². The molecule has 4 nitrogen and oxygen atoms in total. The van der Waals surface area contributed by atoms with Crippen molar-refractivity contribution < 1.29 is 9.53 Å². The summed E-state index contributed by atoms with van der Waals surface area (Å²) in [6.07, 6.45) is 0. The van der Waals surface area contributed by atoms with Crippen molar-refractivity contribution in [2.24, 2.45) is 10.9 Å². The number of methoxy groups -OCH3 is 1. The summed E-state index contributed by atoms with van der Waals surface area (Å²) in [5, 5.41) is 2.97. The number of ether oxygens (including phenoxy) is 1. The number of carbonyl (C=O) groups excluding carboxylic acids is 1. The lowest BCUT2D eigenvalue weighted by molar-refractivity contribution is -0.123. The van der Waals surface area contributed by atoms with Gasteiger partial charge < -0.3 is 10.1 Å². The third-order valence-electron chi connectivity index (χ3n) is 2.51. The Bertz CT molecular complexity index is 279. The Morgan fingerprint density at radius 2 is 2.25 bits per heavy atom. The summed E-state index contributed by atoms with van der Waals surface area (Å²) in [5.74, 6) is 2.68. The van der Waals surface area contributed by atoms with Crippen LogP contribution >= 0.6 is 11.8 Å². The third-order valence-corrected chi connectivity index (χ3v) is 3.46. The number of nitrogens with one attached hydrogen (secondary N) is 1. The largest absolute Gasteiger partial charge is 0.483 e. The average molecular weight is 244 g/mol. The Balaban J connectivity index is 2.76. The zero-order chi connectivity index (χ0) is 12.1. The lowest BCUT2D eigenvalue weighted by Crippen LogP contribution is -2.53. The van der Waals surface area contributed by atoms with Crippen LogP contribution in [0.3, 0.4) is 0 Å². The predicted octanol–water partition coefficient (Wildman–Crippen LogP) is 1.31. The van der Waals surface area contributed by atoms with Gasteiger partial charge in [-0.05, 0) is 11.7 Å². The van der Waals surface area contributed by atoms with Gasteiger partial charge in [-0.1, -0.05) is 20.8 Å². The Morgan fingerprint density at radius 1 is 1.56 bits per heavy atom. The standard InChI is InChI=1S/C11H20N2O2S/c1-5-16-6-8-10(14)13-9(7(2)3)11(12-8)15-4/h7-9H,5-6H2,1-4H3,(H,13,14). The van der Waals surface area contributed by atoms with E-state index in [4.69, 9.17) is 4.74 Å². The monoisotopic (exact) mass is 244 g/mol. The molecule has 0 aliphatic carbocycles. The number of carbonyl (C=O) groups is 1. The molecule has 0 aromatic heterocycles. The first-order valence-electron chi connectivity index (χ1n) is 5.60. The van der Waals surface area contributed by atoms with Gasteiger partial charge in [-0.15, -0.1) is 0 Å². The lowest BCUT2D eigenvalue weighted by Gasteiger charge is -2.29. The highest BCUT2D eigenvalue weighted by molar-refractivity contribution is 7.99. The van der Waals surface area contributed by atoms with Crippen LogP contribution in [0.2, 0.25) is 0 Å². The van der Waals surface area contributed by atoms with Crippen molar-refractivity contribution in [1.29, 1.82) is 0 Å². The molecule has 1 aliphatic heterocycles. The zero-order valence-corrected chi connectivity index (χ0v) is 11.1. The van der Waals surface area contributed by atoms with E-state index in [2.05, 4.69) is 17.2 Å². The van der Waals surface area contributed by atoms with Gasteiger partial charge in [-0.3, -0.25) is 4.79 Å². The van der Waals surface area contributed by atoms with Gasteiger partial charge in [-0.2, -0.15) is 11.8 Å². The molecule has 0 saturated carbocycles. The number of hydrogen-bond donors (Lipinski definition) is 1. The molecule has 0 aromatic rings. The minimum absolute atomic E-state index is 0.0143. The smallest absolute Gasteiger partial charge is 0.246 e. The maximum Gasteiger partial charge on any atom is 0.246 e. The summed E-state index contributed by atoms with van der Waals surface area (Å²) >= 11 is 1.72. The molecule has 5 heteroatoms. The predicted molar refractivity (Wildman–Crippen MR) is 68.0 cm³/mol. The number of thioether (sulfide) groups is 1. The number of aliphatic imine (C=N–C) groups is 1. The van der Waals surface area contributed by atoms with Crippen LogP contribution in [0, 0.1) is 5.92 Å². The minimum Gasteiger partial charge on any atom is -0.483 e. The summed E-state index contributed by atoms with van der Waals surface area (Å²) in [6.45, 7) is 6.16. The molecule has 0 radical (unpaired) electrons. The molecule has 0 saturated heterocycles. The molecule has 2 unspecified atom stereocenters. The van der Waals surface area contributed by atoms with Crippen LogP contribution in [0.15, 0.2) is 4.99 Å². The van der Waals surface area contributed by atoms with Crippen molar-refractivity contribution in [3.63, 3.8) is 0 Å². The maximum atomic E-state index is 11.8. The first-order chi connectivity index (χ1) is 7.60. The molecule has 0 bridgehead atoms. The minimum atomic E-state index is -0.296. The van der Waals surface area contributed by atoms with E-state index in [9.17, 15) is 4.79 Å². The number of nitrogens with zero attached hydrogens (tertiary/aromatic N) is 1. The van der Waals surface area contributed by atoms with E-state index in [1.165, 1.54) is 0 Å². The molecule has 1 aliphatic rings. The van der Waals surface area contributed by atoms with Crippen LogP contribution in [0.5, 0.6) is 0 Å². The molecule has 0 fully saturated rings. The molecule has 1 rings (SSSR count). The third kappa shape index (κ3) is 3.14. The topological polar surface area (TPSA) is 50.7 Å². The first kappa shape index (κ1) is 13.4. The molecule has 1 N–H and O–H groups in total. The highest BCUT2D eigenvalue weighted by Gasteiger charge is 2.32. The molecule has 1 amide bonds. The van der Waals surface area contributed by atoms with Crippen molar-refractivity contribution in [1.82, 2.24) is 5.32 Å². The SMILES string of the molecule is CCSCC1N=C(OC)C(C(C)C)NC1=O. The van der Waals surface area contributed by atoms with Crippen LogP contribution in [0.4, 0.5) is 0 Å². The van der Waals surface area contributed by atoms with Crippen LogP contribution in [0.25, 0.3) is 0 Å². The van der Waals surface area contributed by atoms with Gasteiger partial charge in [0.2, 0.25) is 11.8 Å². The van der Waals surface area contributed by atoms with E-state index in [1.807, 2.05) is 13.8 Å². The average Bonchev–Trinajstić information content (AvgIpc) is 2.26. The lowest BCUT2D eigenvalue weighted by atomic mass is 10.0. The van der Waals surface area contributed by atoms with Gasteiger partial charge in [0.1, 0.15) is 12.1 Å². The van der Waals surface area contributed by atoms with E-state index < -0.39 is 0 Å². The summed E-state index contributed by atoms with van der Waals surface area (Å²) in [6, 6.07) is -0.379.